The Bertz CT molecular complexity index is 649. The number of rotatable bonds is 9. The summed E-state index contributed by atoms with van der Waals surface area (Å²) in [7, 11) is 3.23. The van der Waals surface area contributed by atoms with Crippen molar-refractivity contribution in [1.82, 2.24) is 5.32 Å². The highest BCUT2D eigenvalue weighted by molar-refractivity contribution is 6.32. The lowest BCUT2D eigenvalue weighted by Crippen LogP contribution is -2.18. The van der Waals surface area contributed by atoms with Crippen molar-refractivity contribution in [1.29, 1.82) is 0 Å². The minimum atomic E-state index is -0.278. The molecule has 0 aliphatic heterocycles. The molecule has 0 bridgehead atoms. The molecule has 0 unspecified atom stereocenters. The smallest absolute Gasteiger partial charge is 0.180 e. The van der Waals surface area contributed by atoms with Crippen molar-refractivity contribution in [2.24, 2.45) is 0 Å². The van der Waals surface area contributed by atoms with Gasteiger partial charge in [-0.3, -0.25) is 0 Å². The second-order valence-corrected chi connectivity index (χ2v) is 5.60. The van der Waals surface area contributed by atoms with E-state index in [-0.39, 0.29) is 12.4 Å². The fourth-order valence-corrected chi connectivity index (χ4v) is 2.45. The first-order valence-electron chi connectivity index (χ1n) is 7.57. The van der Waals surface area contributed by atoms with Crippen LogP contribution in [0.3, 0.4) is 0 Å². The molecule has 0 saturated heterocycles. The predicted molar refractivity (Wildman–Crippen MR) is 92.3 cm³/mol. The van der Waals surface area contributed by atoms with Crippen LogP contribution >= 0.6 is 11.6 Å². The summed E-state index contributed by atoms with van der Waals surface area (Å²) in [5.41, 5.74) is 1.84. The fraction of sp³-hybridized carbons (Fsp3) is 0.333. The summed E-state index contributed by atoms with van der Waals surface area (Å²) >= 11 is 6.33. The Kier molecular flexibility index (Phi) is 7.31. The summed E-state index contributed by atoms with van der Waals surface area (Å²) in [5, 5.41) is 3.72. The minimum absolute atomic E-state index is 0.278. The normalized spacial score (nSPS) is 10.7. The quantitative estimate of drug-likeness (QED) is 0.696. The zero-order valence-electron chi connectivity index (χ0n) is 13.8. The van der Waals surface area contributed by atoms with Gasteiger partial charge in [0.15, 0.2) is 11.5 Å². The molecule has 6 heteroatoms. The lowest BCUT2D eigenvalue weighted by atomic mass is 10.2. The fourth-order valence-electron chi connectivity index (χ4n) is 2.16. The summed E-state index contributed by atoms with van der Waals surface area (Å²) in [6, 6.07) is 9.85. The molecule has 4 nitrogen and oxygen atoms in total. The van der Waals surface area contributed by atoms with Gasteiger partial charge in [0, 0.05) is 20.2 Å². The molecule has 0 radical (unpaired) electrons. The van der Waals surface area contributed by atoms with Crippen LogP contribution in [-0.4, -0.2) is 27.4 Å². The van der Waals surface area contributed by atoms with Gasteiger partial charge in [-0.25, -0.2) is 4.39 Å². The maximum Gasteiger partial charge on any atom is 0.180 e. The summed E-state index contributed by atoms with van der Waals surface area (Å²) in [6.45, 7) is 2.32. The number of ether oxygens (including phenoxy) is 3. The molecule has 2 rings (SSSR count). The van der Waals surface area contributed by atoms with Gasteiger partial charge >= 0.3 is 0 Å². The van der Waals surface area contributed by atoms with Gasteiger partial charge in [-0.1, -0.05) is 23.7 Å². The molecule has 0 amide bonds. The van der Waals surface area contributed by atoms with Crippen LogP contribution in [0, 0.1) is 5.82 Å². The van der Waals surface area contributed by atoms with Crippen molar-refractivity contribution in [3.63, 3.8) is 0 Å². The largest absolute Gasteiger partial charge is 0.493 e. The zero-order valence-corrected chi connectivity index (χ0v) is 14.5. The molecule has 130 valence electrons. The first kappa shape index (κ1) is 18.5. The van der Waals surface area contributed by atoms with Crippen LogP contribution in [0.25, 0.3) is 0 Å². The van der Waals surface area contributed by atoms with Gasteiger partial charge in [0.2, 0.25) is 0 Å². The minimum Gasteiger partial charge on any atom is -0.493 e. The molecular weight excluding hydrogens is 333 g/mol. The number of hydrogen-bond acceptors (Lipinski definition) is 4. The van der Waals surface area contributed by atoms with Crippen LogP contribution in [0.1, 0.15) is 11.1 Å². The zero-order chi connectivity index (χ0) is 17.4. The molecule has 1 N–H and O–H groups in total. The number of halogens is 2. The molecule has 2 aromatic rings. The van der Waals surface area contributed by atoms with Crippen molar-refractivity contribution in [3.05, 3.63) is 58.4 Å². The van der Waals surface area contributed by atoms with Gasteiger partial charge in [-0.15, -0.1) is 0 Å². The van der Waals surface area contributed by atoms with Crippen molar-refractivity contribution in [3.8, 4) is 11.5 Å². The Morgan fingerprint density at radius 2 is 1.83 bits per heavy atom. The molecule has 0 aliphatic carbocycles. The SMILES string of the molecule is COCCNCc1cc(Cl)c(OCc2ccc(F)cc2)c(OC)c1. The van der Waals surface area contributed by atoms with E-state index in [0.29, 0.717) is 29.7 Å². The molecule has 0 aromatic heterocycles. The lowest BCUT2D eigenvalue weighted by Gasteiger charge is -2.14. The Balaban J connectivity index is 2.04. The lowest BCUT2D eigenvalue weighted by molar-refractivity contribution is 0.199. The van der Waals surface area contributed by atoms with E-state index in [1.807, 2.05) is 12.1 Å². The second-order valence-electron chi connectivity index (χ2n) is 5.19. The van der Waals surface area contributed by atoms with Gasteiger partial charge in [-0.2, -0.15) is 0 Å². The van der Waals surface area contributed by atoms with Crippen molar-refractivity contribution in [2.45, 2.75) is 13.2 Å². The van der Waals surface area contributed by atoms with E-state index in [2.05, 4.69) is 5.32 Å². The highest BCUT2D eigenvalue weighted by Gasteiger charge is 2.12. The third-order valence-electron chi connectivity index (χ3n) is 3.40. The van der Waals surface area contributed by atoms with E-state index in [1.54, 1.807) is 26.4 Å². The van der Waals surface area contributed by atoms with E-state index in [4.69, 9.17) is 25.8 Å². The highest BCUT2D eigenvalue weighted by atomic mass is 35.5. The van der Waals surface area contributed by atoms with E-state index in [9.17, 15) is 4.39 Å². The van der Waals surface area contributed by atoms with Gasteiger partial charge in [0.05, 0.1) is 18.7 Å². The van der Waals surface area contributed by atoms with Crippen LogP contribution < -0.4 is 14.8 Å². The number of nitrogens with one attached hydrogen (secondary N) is 1. The maximum absolute atomic E-state index is 12.9. The molecule has 0 saturated carbocycles. The summed E-state index contributed by atoms with van der Waals surface area (Å²) in [4.78, 5) is 0. The van der Waals surface area contributed by atoms with Crippen LogP contribution in [0.5, 0.6) is 11.5 Å². The maximum atomic E-state index is 12.9. The Labute approximate surface area is 146 Å². The average molecular weight is 354 g/mol. The van der Waals surface area contributed by atoms with Gasteiger partial charge in [0.25, 0.3) is 0 Å². The van der Waals surface area contributed by atoms with Crippen molar-refractivity contribution < 1.29 is 18.6 Å². The van der Waals surface area contributed by atoms with Gasteiger partial charge in [-0.05, 0) is 35.4 Å². The van der Waals surface area contributed by atoms with Gasteiger partial charge < -0.3 is 19.5 Å². The Morgan fingerprint density at radius 3 is 2.50 bits per heavy atom. The van der Waals surface area contributed by atoms with E-state index in [0.717, 1.165) is 17.7 Å². The van der Waals surface area contributed by atoms with Crippen LogP contribution in [0.2, 0.25) is 5.02 Å². The number of hydrogen-bond donors (Lipinski definition) is 1. The van der Waals surface area contributed by atoms with Crippen molar-refractivity contribution >= 4 is 11.6 Å². The monoisotopic (exact) mass is 353 g/mol. The number of benzene rings is 2. The van der Waals surface area contributed by atoms with Crippen LogP contribution in [-0.2, 0) is 17.9 Å². The highest BCUT2D eigenvalue weighted by Crippen LogP contribution is 2.37. The van der Waals surface area contributed by atoms with Crippen LogP contribution in [0.15, 0.2) is 36.4 Å². The Hall–Kier alpha value is -1.82. The molecule has 0 fully saturated rings. The molecule has 0 spiro atoms. The third-order valence-corrected chi connectivity index (χ3v) is 3.68. The summed E-state index contributed by atoms with van der Waals surface area (Å²) < 4.78 is 29.1. The van der Waals surface area contributed by atoms with E-state index in [1.165, 1.54) is 12.1 Å². The van der Waals surface area contributed by atoms with E-state index < -0.39 is 0 Å². The molecular formula is C18H21ClFNO3. The summed E-state index contributed by atoms with van der Waals surface area (Å²) in [6.07, 6.45) is 0. The first-order chi connectivity index (χ1) is 11.6. The molecule has 24 heavy (non-hydrogen) atoms. The second kappa shape index (κ2) is 9.47. The van der Waals surface area contributed by atoms with Crippen LogP contribution in [0.4, 0.5) is 4.39 Å². The summed E-state index contributed by atoms with van der Waals surface area (Å²) in [5.74, 6) is 0.761. The first-order valence-corrected chi connectivity index (χ1v) is 7.95. The van der Waals surface area contributed by atoms with Crippen molar-refractivity contribution in [2.75, 3.05) is 27.4 Å². The molecule has 0 heterocycles. The standard InChI is InChI=1S/C18H21ClFNO3/c1-22-8-7-21-11-14-9-16(19)18(17(10-14)23-2)24-12-13-3-5-15(20)6-4-13/h3-6,9-10,21H,7-8,11-12H2,1-2H3. The van der Waals surface area contributed by atoms with E-state index >= 15 is 0 Å². The molecule has 2 aromatic carbocycles. The number of methoxy groups -OCH3 is 2. The average Bonchev–Trinajstić information content (AvgIpc) is 2.59. The van der Waals surface area contributed by atoms with Gasteiger partial charge in [0.1, 0.15) is 12.4 Å². The predicted octanol–water partition coefficient (Wildman–Crippen LogP) is 3.80. The third kappa shape index (κ3) is 5.37. The Morgan fingerprint density at radius 1 is 1.08 bits per heavy atom. The molecule has 0 atom stereocenters. The topological polar surface area (TPSA) is 39.7 Å². The molecule has 0 aliphatic rings.